The molecule has 4 heteroatoms. The van der Waals surface area contributed by atoms with Crippen molar-refractivity contribution in [2.75, 3.05) is 19.0 Å². The first kappa shape index (κ1) is 13.6. The molecular formula is C15H22N4. The van der Waals surface area contributed by atoms with E-state index in [9.17, 15) is 0 Å². The van der Waals surface area contributed by atoms with E-state index in [2.05, 4.69) is 45.6 Å². The zero-order valence-corrected chi connectivity index (χ0v) is 11.9. The number of aromatic nitrogens is 2. The lowest BCUT2D eigenvalue weighted by atomic mass is 10.0. The van der Waals surface area contributed by atoms with Crippen molar-refractivity contribution in [3.63, 3.8) is 0 Å². The van der Waals surface area contributed by atoms with Gasteiger partial charge in [0.25, 0.3) is 0 Å². The van der Waals surface area contributed by atoms with Gasteiger partial charge in [0.1, 0.15) is 5.82 Å². The molecule has 0 amide bonds. The van der Waals surface area contributed by atoms with Gasteiger partial charge in [0.2, 0.25) is 0 Å². The predicted octanol–water partition coefficient (Wildman–Crippen LogP) is 2.21. The Bertz CT molecular complexity index is 513. The normalized spacial score (nSPS) is 12.4. The van der Waals surface area contributed by atoms with Crippen molar-refractivity contribution >= 4 is 5.69 Å². The van der Waals surface area contributed by atoms with Crippen molar-refractivity contribution in [2.45, 2.75) is 25.9 Å². The van der Waals surface area contributed by atoms with Crippen LogP contribution in [0.4, 0.5) is 5.69 Å². The molecule has 1 aromatic carbocycles. The summed E-state index contributed by atoms with van der Waals surface area (Å²) in [5.74, 6) is 1.05. The molecule has 1 aromatic heterocycles. The number of imidazole rings is 1. The summed E-state index contributed by atoms with van der Waals surface area (Å²) in [4.78, 5) is 6.46. The minimum Gasteiger partial charge on any atom is -0.378 e. The van der Waals surface area contributed by atoms with E-state index in [1.54, 1.807) is 0 Å². The number of hydrogen-bond acceptors (Lipinski definition) is 3. The summed E-state index contributed by atoms with van der Waals surface area (Å²) < 4.78 is 2.13. The van der Waals surface area contributed by atoms with E-state index in [4.69, 9.17) is 5.73 Å². The average Bonchev–Trinajstić information content (AvgIpc) is 2.86. The third-order valence-electron chi connectivity index (χ3n) is 3.38. The smallest absolute Gasteiger partial charge is 0.110 e. The lowest BCUT2D eigenvalue weighted by Gasteiger charge is -2.16. The molecule has 0 aliphatic heterocycles. The Hall–Kier alpha value is -1.81. The molecule has 0 saturated heterocycles. The van der Waals surface area contributed by atoms with E-state index in [0.29, 0.717) is 0 Å². The number of aryl methyl sites for hydroxylation is 1. The van der Waals surface area contributed by atoms with Crippen molar-refractivity contribution in [1.29, 1.82) is 0 Å². The Morgan fingerprint density at radius 1 is 1.26 bits per heavy atom. The first-order valence-corrected chi connectivity index (χ1v) is 6.64. The molecule has 1 atom stereocenters. The molecule has 1 unspecified atom stereocenters. The van der Waals surface area contributed by atoms with Gasteiger partial charge in [-0.2, -0.15) is 0 Å². The Labute approximate surface area is 114 Å². The Morgan fingerprint density at radius 3 is 2.53 bits per heavy atom. The lowest BCUT2D eigenvalue weighted by Crippen LogP contribution is -2.16. The zero-order valence-electron chi connectivity index (χ0n) is 11.9. The maximum Gasteiger partial charge on any atom is 0.110 e. The fourth-order valence-corrected chi connectivity index (χ4v) is 2.15. The van der Waals surface area contributed by atoms with Crippen LogP contribution < -0.4 is 10.6 Å². The van der Waals surface area contributed by atoms with Crippen LogP contribution in [-0.2, 0) is 13.0 Å². The molecule has 0 saturated carbocycles. The second-order valence-electron chi connectivity index (χ2n) is 4.93. The van der Waals surface area contributed by atoms with Gasteiger partial charge in [0.05, 0.1) is 0 Å². The lowest BCUT2D eigenvalue weighted by molar-refractivity contribution is 0.628. The third kappa shape index (κ3) is 3.15. The van der Waals surface area contributed by atoms with Crippen LogP contribution in [0.15, 0.2) is 36.7 Å². The van der Waals surface area contributed by atoms with Gasteiger partial charge in [-0.3, -0.25) is 0 Å². The number of nitrogens with zero attached hydrogens (tertiary/aromatic N) is 3. The summed E-state index contributed by atoms with van der Waals surface area (Å²) in [7, 11) is 4.07. The van der Waals surface area contributed by atoms with Crippen LogP contribution in [0.1, 0.15) is 24.4 Å². The van der Waals surface area contributed by atoms with Gasteiger partial charge in [0.15, 0.2) is 0 Å². The van der Waals surface area contributed by atoms with E-state index < -0.39 is 0 Å². The van der Waals surface area contributed by atoms with E-state index in [0.717, 1.165) is 24.4 Å². The van der Waals surface area contributed by atoms with Crippen molar-refractivity contribution in [3.05, 3.63) is 48.0 Å². The summed E-state index contributed by atoms with van der Waals surface area (Å²) in [5.41, 5.74) is 8.60. The maximum atomic E-state index is 6.27. The van der Waals surface area contributed by atoms with Crippen molar-refractivity contribution in [1.82, 2.24) is 9.55 Å². The van der Waals surface area contributed by atoms with Crippen LogP contribution in [-0.4, -0.2) is 23.6 Å². The summed E-state index contributed by atoms with van der Waals surface area (Å²) in [6, 6.07) is 8.38. The highest BCUT2D eigenvalue weighted by atomic mass is 15.1. The number of nitrogens with two attached hydrogens (primary N) is 1. The van der Waals surface area contributed by atoms with Gasteiger partial charge in [0, 0.05) is 51.2 Å². The van der Waals surface area contributed by atoms with Gasteiger partial charge < -0.3 is 15.2 Å². The number of anilines is 1. The molecule has 2 aromatic rings. The first-order chi connectivity index (χ1) is 9.11. The molecule has 19 heavy (non-hydrogen) atoms. The summed E-state index contributed by atoms with van der Waals surface area (Å²) in [6.07, 6.45) is 4.60. The second kappa shape index (κ2) is 5.89. The number of rotatable bonds is 5. The molecule has 2 N–H and O–H groups in total. The van der Waals surface area contributed by atoms with Crippen molar-refractivity contribution < 1.29 is 0 Å². The molecule has 4 nitrogen and oxygen atoms in total. The molecule has 0 bridgehead atoms. The maximum absolute atomic E-state index is 6.27. The van der Waals surface area contributed by atoms with Gasteiger partial charge in [-0.15, -0.1) is 0 Å². The number of hydrogen-bond donors (Lipinski definition) is 1. The highest BCUT2D eigenvalue weighted by molar-refractivity contribution is 5.46. The Kier molecular flexibility index (Phi) is 4.22. The van der Waals surface area contributed by atoms with Crippen LogP contribution >= 0.6 is 0 Å². The van der Waals surface area contributed by atoms with Crippen molar-refractivity contribution in [3.8, 4) is 0 Å². The van der Waals surface area contributed by atoms with Crippen LogP contribution in [0, 0.1) is 0 Å². The van der Waals surface area contributed by atoms with Crippen LogP contribution in [0.3, 0.4) is 0 Å². The molecule has 102 valence electrons. The Balaban J connectivity index is 2.09. The van der Waals surface area contributed by atoms with Gasteiger partial charge in [-0.1, -0.05) is 12.1 Å². The highest BCUT2D eigenvalue weighted by Crippen LogP contribution is 2.19. The molecule has 2 rings (SSSR count). The zero-order chi connectivity index (χ0) is 13.8. The van der Waals surface area contributed by atoms with Crippen LogP contribution in [0.25, 0.3) is 0 Å². The predicted molar refractivity (Wildman–Crippen MR) is 79.3 cm³/mol. The van der Waals surface area contributed by atoms with Gasteiger partial charge in [-0.25, -0.2) is 4.98 Å². The van der Waals surface area contributed by atoms with Crippen LogP contribution in [0.5, 0.6) is 0 Å². The van der Waals surface area contributed by atoms with Gasteiger partial charge >= 0.3 is 0 Å². The molecule has 0 spiro atoms. The molecule has 0 aliphatic rings. The minimum absolute atomic E-state index is 0.0103. The quantitative estimate of drug-likeness (QED) is 0.894. The highest BCUT2D eigenvalue weighted by Gasteiger charge is 2.11. The summed E-state index contributed by atoms with van der Waals surface area (Å²) in [5, 5.41) is 0. The van der Waals surface area contributed by atoms with E-state index in [1.807, 2.05) is 26.5 Å². The second-order valence-corrected chi connectivity index (χ2v) is 4.93. The molecule has 0 fully saturated rings. The van der Waals surface area contributed by atoms with E-state index >= 15 is 0 Å². The van der Waals surface area contributed by atoms with Crippen molar-refractivity contribution in [2.24, 2.45) is 5.73 Å². The Morgan fingerprint density at radius 2 is 1.95 bits per heavy atom. The standard InChI is InChI=1S/C15H22N4/c1-4-19-10-9-17-15(19)11-14(16)12-5-7-13(8-6-12)18(2)3/h5-10,14H,4,11,16H2,1-3H3. The largest absolute Gasteiger partial charge is 0.378 e. The van der Waals surface area contributed by atoms with E-state index in [-0.39, 0.29) is 6.04 Å². The van der Waals surface area contributed by atoms with Gasteiger partial charge in [-0.05, 0) is 24.6 Å². The average molecular weight is 258 g/mol. The molecule has 0 radical (unpaired) electrons. The monoisotopic (exact) mass is 258 g/mol. The van der Waals surface area contributed by atoms with Crippen LogP contribution in [0.2, 0.25) is 0 Å². The molecular weight excluding hydrogens is 236 g/mol. The third-order valence-corrected chi connectivity index (χ3v) is 3.38. The van der Waals surface area contributed by atoms with E-state index in [1.165, 1.54) is 5.69 Å². The summed E-state index contributed by atoms with van der Waals surface area (Å²) in [6.45, 7) is 3.05. The fourth-order valence-electron chi connectivity index (χ4n) is 2.15. The summed E-state index contributed by atoms with van der Waals surface area (Å²) >= 11 is 0. The molecule has 1 heterocycles. The first-order valence-electron chi connectivity index (χ1n) is 6.64. The topological polar surface area (TPSA) is 47.1 Å². The SMILES string of the molecule is CCn1ccnc1CC(N)c1ccc(N(C)C)cc1. The molecule has 0 aliphatic carbocycles. The minimum atomic E-state index is -0.0103. The fraction of sp³-hybridized carbons (Fsp3) is 0.400. The number of benzene rings is 1.